The molecule has 3 nitrogen and oxygen atoms in total. The van der Waals surface area contributed by atoms with E-state index in [1.54, 1.807) is 0 Å². The number of carbonyl (C=O) groups is 1. The predicted octanol–water partition coefficient (Wildman–Crippen LogP) is 6.31. The van der Waals surface area contributed by atoms with Gasteiger partial charge in [0.1, 0.15) is 0 Å². The number of carbonyl (C=O) groups excluding carboxylic acids is 1. The second-order valence-electron chi connectivity index (χ2n) is 6.73. The van der Waals surface area contributed by atoms with Crippen LogP contribution in [0.15, 0.2) is 91.0 Å². The Morgan fingerprint density at radius 2 is 1.48 bits per heavy atom. The molecule has 144 valence electrons. The van der Waals surface area contributed by atoms with Crippen molar-refractivity contribution in [2.75, 3.05) is 7.11 Å². The van der Waals surface area contributed by atoms with Gasteiger partial charge in [0.25, 0.3) is 0 Å². The standard InChI is InChI=1S/C25H20ClNO2/c1-29-25(28)22-16-23(19-10-6-3-7-11-19)27(17-18-8-4-2-5-9-18)24(22)20-12-14-21(26)15-13-20/h2-16H,17H2,1H3. The van der Waals surface area contributed by atoms with E-state index in [1.807, 2.05) is 78.9 Å². The van der Waals surface area contributed by atoms with Crippen molar-refractivity contribution in [3.63, 3.8) is 0 Å². The van der Waals surface area contributed by atoms with E-state index in [4.69, 9.17) is 16.3 Å². The molecule has 4 rings (SSSR count). The Bertz CT molecular complexity index is 1120. The number of methoxy groups -OCH3 is 1. The average molecular weight is 402 g/mol. The van der Waals surface area contributed by atoms with Gasteiger partial charge >= 0.3 is 5.97 Å². The van der Waals surface area contributed by atoms with Crippen molar-refractivity contribution in [2.24, 2.45) is 0 Å². The summed E-state index contributed by atoms with van der Waals surface area (Å²) < 4.78 is 7.27. The highest BCUT2D eigenvalue weighted by atomic mass is 35.5. The summed E-state index contributed by atoms with van der Waals surface area (Å²) in [6.07, 6.45) is 0. The summed E-state index contributed by atoms with van der Waals surface area (Å²) in [6, 6.07) is 29.7. The van der Waals surface area contributed by atoms with Crippen LogP contribution in [0.4, 0.5) is 0 Å². The molecule has 0 unspecified atom stereocenters. The van der Waals surface area contributed by atoms with Gasteiger partial charge in [0.2, 0.25) is 0 Å². The average Bonchev–Trinajstić information content (AvgIpc) is 3.14. The molecular formula is C25H20ClNO2. The van der Waals surface area contributed by atoms with Gasteiger partial charge in [-0.3, -0.25) is 0 Å². The molecule has 0 aliphatic heterocycles. The van der Waals surface area contributed by atoms with Crippen LogP contribution in [0.5, 0.6) is 0 Å². The fraction of sp³-hybridized carbons (Fsp3) is 0.0800. The lowest BCUT2D eigenvalue weighted by Gasteiger charge is -2.15. The number of ether oxygens (including phenoxy) is 1. The number of benzene rings is 3. The quantitative estimate of drug-likeness (QED) is 0.367. The van der Waals surface area contributed by atoms with E-state index in [1.165, 1.54) is 7.11 Å². The maximum absolute atomic E-state index is 12.7. The van der Waals surface area contributed by atoms with Gasteiger partial charge in [0, 0.05) is 17.3 Å². The Morgan fingerprint density at radius 1 is 0.862 bits per heavy atom. The molecule has 29 heavy (non-hydrogen) atoms. The molecule has 0 spiro atoms. The van der Waals surface area contributed by atoms with Crippen LogP contribution in [-0.4, -0.2) is 17.6 Å². The van der Waals surface area contributed by atoms with Crippen molar-refractivity contribution in [1.82, 2.24) is 4.57 Å². The van der Waals surface area contributed by atoms with Crippen LogP contribution >= 0.6 is 11.6 Å². The van der Waals surface area contributed by atoms with Crippen LogP contribution in [0.25, 0.3) is 22.5 Å². The van der Waals surface area contributed by atoms with Crippen molar-refractivity contribution in [3.05, 3.63) is 107 Å². The molecule has 0 N–H and O–H groups in total. The number of esters is 1. The van der Waals surface area contributed by atoms with Crippen LogP contribution in [0.3, 0.4) is 0 Å². The zero-order valence-corrected chi connectivity index (χ0v) is 16.8. The third kappa shape index (κ3) is 3.96. The van der Waals surface area contributed by atoms with Crippen LogP contribution in [-0.2, 0) is 11.3 Å². The van der Waals surface area contributed by atoms with Crippen LogP contribution in [0.2, 0.25) is 5.02 Å². The minimum atomic E-state index is -0.362. The topological polar surface area (TPSA) is 31.2 Å². The molecule has 4 aromatic rings. The minimum Gasteiger partial charge on any atom is -0.465 e. The second-order valence-corrected chi connectivity index (χ2v) is 7.16. The van der Waals surface area contributed by atoms with E-state index in [2.05, 4.69) is 16.7 Å². The molecule has 0 aliphatic carbocycles. The highest BCUT2D eigenvalue weighted by molar-refractivity contribution is 6.30. The highest BCUT2D eigenvalue weighted by Gasteiger charge is 2.23. The van der Waals surface area contributed by atoms with Gasteiger partial charge in [-0.15, -0.1) is 0 Å². The van der Waals surface area contributed by atoms with Gasteiger partial charge in [-0.1, -0.05) is 84.4 Å². The Hall–Kier alpha value is -3.30. The predicted molar refractivity (Wildman–Crippen MR) is 117 cm³/mol. The monoisotopic (exact) mass is 401 g/mol. The van der Waals surface area contributed by atoms with E-state index in [0.717, 1.165) is 28.1 Å². The first kappa shape index (κ1) is 19.0. The van der Waals surface area contributed by atoms with Crippen LogP contribution in [0.1, 0.15) is 15.9 Å². The number of aromatic nitrogens is 1. The molecule has 0 aliphatic rings. The summed E-state index contributed by atoms with van der Waals surface area (Å²) in [7, 11) is 1.41. The zero-order valence-electron chi connectivity index (χ0n) is 16.0. The SMILES string of the molecule is COC(=O)c1cc(-c2ccccc2)n(Cc2ccccc2)c1-c1ccc(Cl)cc1. The number of nitrogens with zero attached hydrogens (tertiary/aromatic N) is 1. The highest BCUT2D eigenvalue weighted by Crippen LogP contribution is 2.35. The van der Waals surface area contributed by atoms with Gasteiger partial charge in [-0.05, 0) is 34.9 Å². The molecule has 1 heterocycles. The second kappa shape index (κ2) is 8.38. The van der Waals surface area contributed by atoms with E-state index >= 15 is 0 Å². The minimum absolute atomic E-state index is 0.362. The first-order chi connectivity index (χ1) is 14.2. The maximum atomic E-state index is 12.7. The van der Waals surface area contributed by atoms with Gasteiger partial charge in [0.15, 0.2) is 0 Å². The van der Waals surface area contributed by atoms with E-state index in [9.17, 15) is 4.79 Å². The van der Waals surface area contributed by atoms with Crippen LogP contribution < -0.4 is 0 Å². The first-order valence-electron chi connectivity index (χ1n) is 9.34. The van der Waals surface area contributed by atoms with Gasteiger partial charge < -0.3 is 9.30 Å². The molecular weight excluding hydrogens is 382 g/mol. The van der Waals surface area contributed by atoms with E-state index in [-0.39, 0.29) is 5.97 Å². The first-order valence-corrected chi connectivity index (χ1v) is 9.72. The van der Waals surface area contributed by atoms with Crippen LogP contribution in [0, 0.1) is 0 Å². The van der Waals surface area contributed by atoms with E-state index in [0.29, 0.717) is 17.1 Å². The Balaban J connectivity index is 1.98. The van der Waals surface area contributed by atoms with Gasteiger partial charge in [0.05, 0.1) is 18.4 Å². The third-order valence-electron chi connectivity index (χ3n) is 4.87. The normalized spacial score (nSPS) is 10.7. The Morgan fingerprint density at radius 3 is 2.10 bits per heavy atom. The molecule has 0 bridgehead atoms. The summed E-state index contributed by atoms with van der Waals surface area (Å²) in [5, 5.41) is 0.651. The van der Waals surface area contributed by atoms with Crippen molar-refractivity contribution in [2.45, 2.75) is 6.54 Å². The number of rotatable bonds is 5. The molecule has 1 aromatic heterocycles. The van der Waals surface area contributed by atoms with E-state index < -0.39 is 0 Å². The summed E-state index contributed by atoms with van der Waals surface area (Å²) >= 11 is 6.10. The zero-order chi connectivity index (χ0) is 20.2. The maximum Gasteiger partial charge on any atom is 0.340 e. The lowest BCUT2D eigenvalue weighted by molar-refractivity contribution is 0.0601. The van der Waals surface area contributed by atoms with Crippen molar-refractivity contribution in [1.29, 1.82) is 0 Å². The number of halogens is 1. The Labute approximate surface area is 175 Å². The summed E-state index contributed by atoms with van der Waals surface area (Å²) in [6.45, 7) is 0.625. The van der Waals surface area contributed by atoms with Gasteiger partial charge in [-0.25, -0.2) is 4.79 Å². The molecule has 3 aromatic carbocycles. The molecule has 0 saturated carbocycles. The summed E-state index contributed by atoms with van der Waals surface area (Å²) in [5.41, 5.74) is 5.40. The smallest absolute Gasteiger partial charge is 0.340 e. The van der Waals surface area contributed by atoms with Crippen molar-refractivity contribution in [3.8, 4) is 22.5 Å². The summed E-state index contributed by atoms with van der Waals surface area (Å²) in [5.74, 6) is -0.362. The fourth-order valence-corrected chi connectivity index (χ4v) is 3.64. The van der Waals surface area contributed by atoms with Crippen molar-refractivity contribution < 1.29 is 9.53 Å². The Kier molecular flexibility index (Phi) is 5.50. The lowest BCUT2D eigenvalue weighted by Crippen LogP contribution is -2.07. The number of hydrogen-bond acceptors (Lipinski definition) is 2. The fourth-order valence-electron chi connectivity index (χ4n) is 3.51. The third-order valence-corrected chi connectivity index (χ3v) is 5.12. The molecule has 0 amide bonds. The molecule has 4 heteroatoms. The molecule has 0 saturated heterocycles. The lowest BCUT2D eigenvalue weighted by atomic mass is 10.1. The van der Waals surface area contributed by atoms with Gasteiger partial charge in [-0.2, -0.15) is 0 Å². The molecule has 0 radical (unpaired) electrons. The summed E-state index contributed by atoms with van der Waals surface area (Å²) in [4.78, 5) is 12.7. The number of hydrogen-bond donors (Lipinski definition) is 0. The van der Waals surface area contributed by atoms with Crippen molar-refractivity contribution >= 4 is 17.6 Å². The largest absolute Gasteiger partial charge is 0.465 e. The molecule has 0 fully saturated rings. The molecule has 0 atom stereocenters.